The van der Waals surface area contributed by atoms with E-state index in [9.17, 15) is 0 Å². The highest BCUT2D eigenvalue weighted by atomic mass is 35.5. The van der Waals surface area contributed by atoms with Gasteiger partial charge in [0, 0.05) is 11.1 Å². The maximum atomic E-state index is 6.28. The normalized spacial score (nSPS) is 12.7. The van der Waals surface area contributed by atoms with Crippen molar-refractivity contribution in [3.05, 3.63) is 46.7 Å². The van der Waals surface area contributed by atoms with Crippen molar-refractivity contribution in [1.29, 1.82) is 0 Å². The number of hydrogen-bond donors (Lipinski definition) is 1. The largest absolute Gasteiger partial charge is 0.493 e. The lowest BCUT2D eigenvalue weighted by atomic mass is 10.0. The molecule has 0 saturated heterocycles. The summed E-state index contributed by atoms with van der Waals surface area (Å²) in [5, 5.41) is 8.57. The molecule has 114 valence electrons. The van der Waals surface area contributed by atoms with E-state index in [4.69, 9.17) is 16.3 Å². The number of nitrogens with one attached hydrogen (secondary N) is 1. The number of nitrogens with zero attached hydrogens (tertiary/aromatic N) is 2. The summed E-state index contributed by atoms with van der Waals surface area (Å²) in [6.45, 7) is 4.22. The molecule has 0 aliphatic heterocycles. The Balaban J connectivity index is 2.37. The van der Waals surface area contributed by atoms with Crippen LogP contribution in [0.4, 0.5) is 0 Å². The first-order valence-electron chi connectivity index (χ1n) is 7.10. The van der Waals surface area contributed by atoms with E-state index in [0.29, 0.717) is 0 Å². The van der Waals surface area contributed by atoms with Crippen LogP contribution in [0.1, 0.15) is 37.2 Å². The van der Waals surface area contributed by atoms with Crippen molar-refractivity contribution in [2.75, 3.05) is 14.2 Å². The van der Waals surface area contributed by atoms with Crippen LogP contribution < -0.4 is 10.1 Å². The van der Waals surface area contributed by atoms with E-state index in [1.807, 2.05) is 29.9 Å². The van der Waals surface area contributed by atoms with Gasteiger partial charge in [-0.25, -0.2) is 0 Å². The van der Waals surface area contributed by atoms with Crippen molar-refractivity contribution in [3.8, 4) is 5.75 Å². The molecule has 0 aliphatic carbocycles. The number of methoxy groups -OCH3 is 1. The molecule has 0 fully saturated rings. The minimum Gasteiger partial charge on any atom is -0.493 e. The van der Waals surface area contributed by atoms with Crippen LogP contribution in [0.2, 0.25) is 5.02 Å². The van der Waals surface area contributed by atoms with Crippen LogP contribution in [-0.4, -0.2) is 23.9 Å². The van der Waals surface area contributed by atoms with E-state index in [2.05, 4.69) is 30.3 Å². The Hall–Kier alpha value is -1.52. The highest BCUT2D eigenvalue weighted by molar-refractivity contribution is 6.31. The van der Waals surface area contributed by atoms with E-state index in [1.54, 1.807) is 13.3 Å². The zero-order chi connectivity index (χ0) is 15.4. The lowest BCUT2D eigenvalue weighted by Gasteiger charge is -2.21. The van der Waals surface area contributed by atoms with Gasteiger partial charge >= 0.3 is 0 Å². The van der Waals surface area contributed by atoms with Gasteiger partial charge < -0.3 is 10.1 Å². The average molecular weight is 308 g/mol. The zero-order valence-electron chi connectivity index (χ0n) is 12.9. The number of aromatic nitrogens is 2. The number of halogens is 1. The molecule has 5 heteroatoms. The molecule has 1 atom stereocenters. The van der Waals surface area contributed by atoms with Crippen molar-refractivity contribution in [3.63, 3.8) is 0 Å². The first kappa shape index (κ1) is 15.9. The van der Waals surface area contributed by atoms with Crippen LogP contribution in [0.15, 0.2) is 30.5 Å². The number of hydrogen-bond acceptors (Lipinski definition) is 3. The van der Waals surface area contributed by atoms with Gasteiger partial charge in [0.1, 0.15) is 0 Å². The summed E-state index contributed by atoms with van der Waals surface area (Å²) in [6.07, 6.45) is 2.55. The second-order valence-electron chi connectivity index (χ2n) is 5.27. The predicted molar refractivity (Wildman–Crippen MR) is 86.1 cm³/mol. The standard InChI is InChI=1S/C16H22ClN3O/c1-11(2)20-16(15(21-4)10-19-20)14(18-3)9-12-7-5-6-8-13(12)17/h5-8,10-11,14,18H,9H2,1-4H3. The average Bonchev–Trinajstić information content (AvgIpc) is 2.90. The monoisotopic (exact) mass is 307 g/mol. The molecule has 1 unspecified atom stereocenters. The summed E-state index contributed by atoms with van der Waals surface area (Å²) < 4.78 is 7.47. The Morgan fingerprint density at radius 3 is 2.62 bits per heavy atom. The smallest absolute Gasteiger partial charge is 0.161 e. The van der Waals surface area contributed by atoms with Crippen LogP contribution in [-0.2, 0) is 6.42 Å². The summed E-state index contributed by atoms with van der Waals surface area (Å²) in [4.78, 5) is 0. The van der Waals surface area contributed by atoms with Crippen LogP contribution >= 0.6 is 11.6 Å². The minimum atomic E-state index is 0.0877. The number of rotatable bonds is 6. The minimum absolute atomic E-state index is 0.0877. The number of likely N-dealkylation sites (N-methyl/N-ethyl adjacent to an activating group) is 1. The van der Waals surface area contributed by atoms with E-state index in [1.165, 1.54) is 0 Å². The Morgan fingerprint density at radius 2 is 2.05 bits per heavy atom. The molecule has 4 nitrogen and oxygen atoms in total. The summed E-state index contributed by atoms with van der Waals surface area (Å²) in [7, 11) is 3.62. The third-order valence-corrected chi connectivity index (χ3v) is 3.94. The molecule has 2 aromatic rings. The van der Waals surface area contributed by atoms with E-state index >= 15 is 0 Å². The molecule has 1 aromatic carbocycles. The third-order valence-electron chi connectivity index (χ3n) is 3.57. The van der Waals surface area contributed by atoms with E-state index < -0.39 is 0 Å². The molecular weight excluding hydrogens is 286 g/mol. The topological polar surface area (TPSA) is 39.1 Å². The fraction of sp³-hybridized carbons (Fsp3) is 0.438. The lowest BCUT2D eigenvalue weighted by Crippen LogP contribution is -2.24. The summed E-state index contributed by atoms with van der Waals surface area (Å²) in [6, 6.07) is 8.27. The van der Waals surface area contributed by atoms with Gasteiger partial charge in [0.05, 0.1) is 25.0 Å². The second kappa shape index (κ2) is 6.96. The summed E-state index contributed by atoms with van der Waals surface area (Å²) in [5.41, 5.74) is 2.16. The molecule has 21 heavy (non-hydrogen) atoms. The number of benzene rings is 1. The molecule has 0 amide bonds. The van der Waals surface area contributed by atoms with Gasteiger partial charge in [0.25, 0.3) is 0 Å². The van der Waals surface area contributed by atoms with Gasteiger partial charge in [-0.3, -0.25) is 4.68 Å². The highest BCUT2D eigenvalue weighted by Gasteiger charge is 2.23. The van der Waals surface area contributed by atoms with Gasteiger partial charge in [-0.2, -0.15) is 5.10 Å². The van der Waals surface area contributed by atoms with Crippen molar-refractivity contribution in [2.45, 2.75) is 32.4 Å². The van der Waals surface area contributed by atoms with Crippen molar-refractivity contribution >= 4 is 11.6 Å². The van der Waals surface area contributed by atoms with Gasteiger partial charge in [-0.15, -0.1) is 0 Å². The lowest BCUT2D eigenvalue weighted by molar-refractivity contribution is 0.388. The molecule has 0 radical (unpaired) electrons. The molecule has 1 N–H and O–H groups in total. The summed E-state index contributed by atoms with van der Waals surface area (Å²) >= 11 is 6.28. The highest BCUT2D eigenvalue weighted by Crippen LogP contribution is 2.31. The SMILES string of the molecule is CNC(Cc1ccccc1Cl)c1c(OC)cnn1C(C)C. The molecule has 1 heterocycles. The number of ether oxygens (including phenoxy) is 1. The Labute approximate surface area is 131 Å². The predicted octanol–water partition coefficient (Wildman–Crippen LogP) is 3.63. The zero-order valence-corrected chi connectivity index (χ0v) is 13.7. The molecule has 2 rings (SSSR count). The quantitative estimate of drug-likeness (QED) is 0.886. The molecule has 0 bridgehead atoms. The second-order valence-corrected chi connectivity index (χ2v) is 5.68. The maximum absolute atomic E-state index is 6.28. The van der Waals surface area contributed by atoms with Gasteiger partial charge in [-0.1, -0.05) is 29.8 Å². The third kappa shape index (κ3) is 3.39. The fourth-order valence-electron chi connectivity index (χ4n) is 2.48. The van der Waals surface area contributed by atoms with Crippen LogP contribution in [0, 0.1) is 0 Å². The van der Waals surface area contributed by atoms with E-state index in [0.717, 1.165) is 28.5 Å². The molecular formula is C16H22ClN3O. The first-order chi connectivity index (χ1) is 10.1. The van der Waals surface area contributed by atoms with Gasteiger partial charge in [0.15, 0.2) is 5.75 Å². The van der Waals surface area contributed by atoms with Crippen molar-refractivity contribution in [1.82, 2.24) is 15.1 Å². The molecule has 1 aromatic heterocycles. The fourth-order valence-corrected chi connectivity index (χ4v) is 2.69. The Bertz CT molecular complexity index is 595. The Morgan fingerprint density at radius 1 is 1.33 bits per heavy atom. The van der Waals surface area contributed by atoms with Crippen LogP contribution in [0.25, 0.3) is 0 Å². The maximum Gasteiger partial charge on any atom is 0.161 e. The molecule has 0 aliphatic rings. The van der Waals surface area contributed by atoms with Crippen molar-refractivity contribution in [2.24, 2.45) is 0 Å². The van der Waals surface area contributed by atoms with E-state index in [-0.39, 0.29) is 12.1 Å². The van der Waals surface area contributed by atoms with Gasteiger partial charge in [-0.05, 0) is 38.9 Å². The molecule has 0 saturated carbocycles. The summed E-state index contributed by atoms with van der Waals surface area (Å²) in [5.74, 6) is 0.801. The first-order valence-corrected chi connectivity index (χ1v) is 7.48. The Kier molecular flexibility index (Phi) is 5.26. The molecule has 0 spiro atoms. The van der Waals surface area contributed by atoms with Crippen LogP contribution in [0.3, 0.4) is 0 Å². The van der Waals surface area contributed by atoms with Crippen molar-refractivity contribution < 1.29 is 4.74 Å². The van der Waals surface area contributed by atoms with Crippen LogP contribution in [0.5, 0.6) is 5.75 Å². The van der Waals surface area contributed by atoms with Gasteiger partial charge in [0.2, 0.25) is 0 Å².